The van der Waals surface area contributed by atoms with Crippen LogP contribution < -0.4 is 5.32 Å². The monoisotopic (exact) mass is 334 g/mol. The minimum absolute atomic E-state index is 0.0201. The van der Waals surface area contributed by atoms with E-state index in [1.165, 1.54) is 6.07 Å². The minimum Gasteiger partial charge on any atom is -0.393 e. The van der Waals surface area contributed by atoms with E-state index < -0.39 is 0 Å². The number of rotatable bonds is 5. The lowest BCUT2D eigenvalue weighted by Gasteiger charge is -2.30. The maximum atomic E-state index is 14.2. The molecule has 3 rings (SSSR count). The van der Waals surface area contributed by atoms with Crippen LogP contribution in [-0.2, 0) is 4.79 Å². The van der Waals surface area contributed by atoms with E-state index in [4.69, 9.17) is 0 Å². The molecule has 1 saturated heterocycles. The van der Waals surface area contributed by atoms with Gasteiger partial charge in [0, 0.05) is 18.0 Å². The van der Waals surface area contributed by atoms with Gasteiger partial charge in [-0.1, -0.05) is 18.2 Å². The molecule has 2 N–H and O–H groups in total. The van der Waals surface area contributed by atoms with Gasteiger partial charge in [0.2, 0.25) is 5.91 Å². The number of benzene rings is 1. The van der Waals surface area contributed by atoms with Crippen molar-refractivity contribution in [2.24, 2.45) is 5.92 Å². The van der Waals surface area contributed by atoms with Crippen LogP contribution in [0.2, 0.25) is 0 Å². The third-order valence-electron chi connectivity index (χ3n) is 5.38. The fraction of sp³-hybridized carbons (Fsp3) is 0.632. The summed E-state index contributed by atoms with van der Waals surface area (Å²) in [6, 6.07) is 6.76. The van der Waals surface area contributed by atoms with Crippen molar-refractivity contribution in [1.82, 2.24) is 10.2 Å². The second-order valence-corrected chi connectivity index (χ2v) is 7.03. The Morgan fingerprint density at radius 2 is 1.88 bits per heavy atom. The number of aliphatic hydroxyl groups excluding tert-OH is 1. The van der Waals surface area contributed by atoms with Crippen molar-refractivity contribution in [3.8, 4) is 0 Å². The molecular formula is C19H27FN2O2. The van der Waals surface area contributed by atoms with Crippen LogP contribution >= 0.6 is 0 Å². The topological polar surface area (TPSA) is 52.6 Å². The molecule has 2 aliphatic rings. The Labute approximate surface area is 143 Å². The van der Waals surface area contributed by atoms with Crippen molar-refractivity contribution in [2.75, 3.05) is 19.6 Å². The van der Waals surface area contributed by atoms with Crippen molar-refractivity contribution in [1.29, 1.82) is 0 Å². The van der Waals surface area contributed by atoms with Crippen molar-refractivity contribution in [3.63, 3.8) is 0 Å². The van der Waals surface area contributed by atoms with E-state index in [1.54, 1.807) is 6.07 Å². The van der Waals surface area contributed by atoms with Crippen LogP contribution in [0.1, 0.15) is 50.1 Å². The average molecular weight is 334 g/mol. The number of hydrogen-bond acceptors (Lipinski definition) is 3. The van der Waals surface area contributed by atoms with Crippen LogP contribution in [0.25, 0.3) is 0 Å². The van der Waals surface area contributed by atoms with Crippen LogP contribution in [0.3, 0.4) is 0 Å². The Morgan fingerprint density at radius 3 is 2.54 bits per heavy atom. The molecule has 0 bridgehead atoms. The van der Waals surface area contributed by atoms with Gasteiger partial charge in [0.25, 0.3) is 0 Å². The predicted molar refractivity (Wildman–Crippen MR) is 90.9 cm³/mol. The molecule has 1 heterocycles. The molecule has 1 aromatic rings. The van der Waals surface area contributed by atoms with Crippen LogP contribution in [0.4, 0.5) is 4.39 Å². The Bertz CT molecular complexity index is 552. The normalized spacial score (nSPS) is 26.2. The summed E-state index contributed by atoms with van der Waals surface area (Å²) in [4.78, 5) is 14.7. The van der Waals surface area contributed by atoms with Crippen molar-refractivity contribution < 1.29 is 14.3 Å². The summed E-state index contributed by atoms with van der Waals surface area (Å²) in [5.41, 5.74) is 0.666. The number of hydrogen-bond donors (Lipinski definition) is 2. The quantitative estimate of drug-likeness (QED) is 0.870. The zero-order valence-corrected chi connectivity index (χ0v) is 14.1. The van der Waals surface area contributed by atoms with Gasteiger partial charge in [0.05, 0.1) is 12.1 Å². The average Bonchev–Trinajstić information content (AvgIpc) is 3.11. The largest absolute Gasteiger partial charge is 0.393 e. The lowest BCUT2D eigenvalue weighted by molar-refractivity contribution is -0.126. The van der Waals surface area contributed by atoms with Crippen molar-refractivity contribution in [2.45, 2.75) is 50.7 Å². The number of halogens is 1. The number of likely N-dealkylation sites (tertiary alicyclic amines) is 1. The van der Waals surface area contributed by atoms with E-state index in [2.05, 4.69) is 10.2 Å². The van der Waals surface area contributed by atoms with E-state index in [1.807, 2.05) is 12.1 Å². The third kappa shape index (κ3) is 4.14. The highest BCUT2D eigenvalue weighted by Gasteiger charge is 2.29. The zero-order chi connectivity index (χ0) is 16.9. The molecule has 0 unspecified atom stereocenters. The van der Waals surface area contributed by atoms with Gasteiger partial charge in [0.1, 0.15) is 5.82 Å². The number of carbonyl (C=O) groups excluding carboxylic acids is 1. The first-order chi connectivity index (χ1) is 11.6. The predicted octanol–water partition coefficient (Wildman–Crippen LogP) is 2.63. The van der Waals surface area contributed by atoms with E-state index in [0.29, 0.717) is 24.9 Å². The van der Waals surface area contributed by atoms with E-state index in [0.717, 1.165) is 38.8 Å². The molecular weight excluding hydrogens is 307 g/mol. The van der Waals surface area contributed by atoms with Crippen LogP contribution in [0.15, 0.2) is 24.3 Å². The van der Waals surface area contributed by atoms with Crippen LogP contribution in [-0.4, -0.2) is 41.7 Å². The third-order valence-corrected chi connectivity index (χ3v) is 5.38. The standard InChI is InChI=1S/C19H27FN2O2/c20-17-6-2-1-5-16(17)18(22-11-3-4-12-22)13-21-19(24)14-7-9-15(23)10-8-14/h1-2,5-6,14-15,18,23H,3-4,7-13H2,(H,21,24)/t14?,15?,18-/m0/s1. The number of nitrogens with one attached hydrogen (secondary N) is 1. The second-order valence-electron chi connectivity index (χ2n) is 7.03. The molecule has 1 amide bonds. The minimum atomic E-state index is -0.259. The first-order valence-corrected chi connectivity index (χ1v) is 9.09. The Balaban J connectivity index is 1.64. The van der Waals surface area contributed by atoms with E-state index >= 15 is 0 Å². The summed E-state index contributed by atoms with van der Waals surface area (Å²) >= 11 is 0. The second kappa shape index (κ2) is 8.08. The van der Waals surface area contributed by atoms with E-state index in [-0.39, 0.29) is 29.8 Å². The molecule has 1 aromatic carbocycles. The molecule has 1 aliphatic heterocycles. The van der Waals surface area contributed by atoms with Gasteiger partial charge in [-0.3, -0.25) is 9.69 Å². The zero-order valence-electron chi connectivity index (χ0n) is 14.1. The molecule has 5 heteroatoms. The van der Waals surface area contributed by atoms with Crippen LogP contribution in [0.5, 0.6) is 0 Å². The highest BCUT2D eigenvalue weighted by molar-refractivity contribution is 5.78. The summed E-state index contributed by atoms with van der Waals surface area (Å²) in [5, 5.41) is 12.6. The molecule has 1 aliphatic carbocycles. The fourth-order valence-corrected chi connectivity index (χ4v) is 3.91. The summed E-state index contributed by atoms with van der Waals surface area (Å²) in [7, 11) is 0. The van der Waals surface area contributed by atoms with Gasteiger partial charge in [-0.15, -0.1) is 0 Å². The van der Waals surface area contributed by atoms with Crippen molar-refractivity contribution >= 4 is 5.91 Å². The highest BCUT2D eigenvalue weighted by atomic mass is 19.1. The Morgan fingerprint density at radius 1 is 1.21 bits per heavy atom. The van der Waals surface area contributed by atoms with Gasteiger partial charge in [-0.25, -0.2) is 4.39 Å². The molecule has 0 radical (unpaired) electrons. The molecule has 132 valence electrons. The highest BCUT2D eigenvalue weighted by Crippen LogP contribution is 2.28. The smallest absolute Gasteiger partial charge is 0.223 e. The van der Waals surface area contributed by atoms with E-state index in [9.17, 15) is 14.3 Å². The fourth-order valence-electron chi connectivity index (χ4n) is 3.91. The summed E-state index contributed by atoms with van der Waals surface area (Å²) in [6.07, 6.45) is 4.85. The summed E-state index contributed by atoms with van der Waals surface area (Å²) in [5.74, 6) is -0.180. The first-order valence-electron chi connectivity index (χ1n) is 9.09. The number of amides is 1. The maximum absolute atomic E-state index is 14.2. The number of nitrogens with zero attached hydrogens (tertiary/aromatic N) is 1. The molecule has 1 saturated carbocycles. The van der Waals surface area contributed by atoms with Crippen LogP contribution in [0, 0.1) is 11.7 Å². The van der Waals surface area contributed by atoms with Gasteiger partial charge >= 0.3 is 0 Å². The van der Waals surface area contributed by atoms with Gasteiger partial charge in [-0.2, -0.15) is 0 Å². The Hall–Kier alpha value is -1.46. The molecule has 24 heavy (non-hydrogen) atoms. The summed E-state index contributed by atoms with van der Waals surface area (Å²) in [6.45, 7) is 2.34. The lowest BCUT2D eigenvalue weighted by Crippen LogP contribution is -2.40. The van der Waals surface area contributed by atoms with Crippen molar-refractivity contribution in [3.05, 3.63) is 35.6 Å². The molecule has 1 atom stereocenters. The molecule has 4 nitrogen and oxygen atoms in total. The van der Waals surface area contributed by atoms with Gasteiger partial charge in [-0.05, 0) is 57.7 Å². The van der Waals surface area contributed by atoms with Gasteiger partial charge in [0.15, 0.2) is 0 Å². The molecule has 0 aromatic heterocycles. The number of carbonyl (C=O) groups is 1. The molecule has 0 spiro atoms. The molecule has 2 fully saturated rings. The Kier molecular flexibility index (Phi) is 5.85. The lowest BCUT2D eigenvalue weighted by atomic mass is 9.87. The SMILES string of the molecule is O=C(NC[C@@H](c1ccccc1F)N1CCCC1)C1CCC(O)CC1. The number of aliphatic hydroxyl groups is 1. The maximum Gasteiger partial charge on any atom is 0.223 e. The van der Waals surface area contributed by atoms with Gasteiger partial charge < -0.3 is 10.4 Å². The summed E-state index contributed by atoms with van der Waals surface area (Å²) < 4.78 is 14.2. The first kappa shape index (κ1) is 17.4.